The van der Waals surface area contributed by atoms with E-state index in [-0.39, 0.29) is 24.3 Å². The maximum Gasteiger partial charge on any atom is 0.411 e. The molecular weight excluding hydrogens is 1060 g/mol. The van der Waals surface area contributed by atoms with Crippen molar-refractivity contribution < 1.29 is 73.5 Å². The van der Waals surface area contributed by atoms with Gasteiger partial charge in [-0.15, -0.1) is 0 Å². The molecule has 0 saturated heterocycles. The van der Waals surface area contributed by atoms with Crippen molar-refractivity contribution in [3.63, 3.8) is 0 Å². The van der Waals surface area contributed by atoms with Crippen LogP contribution in [0.4, 0.5) is 26.3 Å². The van der Waals surface area contributed by atoms with Crippen LogP contribution in [-0.2, 0) is 36.9 Å². The summed E-state index contributed by atoms with van der Waals surface area (Å²) < 4.78 is 126. The zero-order valence-electron chi connectivity index (χ0n) is 44.2. The van der Waals surface area contributed by atoms with Gasteiger partial charge < -0.3 is 33.3 Å². The van der Waals surface area contributed by atoms with E-state index in [1.54, 1.807) is 106 Å². The summed E-state index contributed by atoms with van der Waals surface area (Å²) >= 11 is -1.65. The number of rotatable bonds is 19. The van der Waals surface area contributed by atoms with Crippen LogP contribution in [0.1, 0.15) is 71.2 Å². The van der Waals surface area contributed by atoms with Gasteiger partial charge in [0.1, 0.15) is 40.2 Å². The van der Waals surface area contributed by atoms with Crippen molar-refractivity contribution >= 4 is 23.0 Å². The van der Waals surface area contributed by atoms with E-state index < -0.39 is 62.7 Å². The van der Waals surface area contributed by atoms with Gasteiger partial charge in [-0.2, -0.15) is 26.3 Å². The highest BCUT2D eigenvalue weighted by atomic mass is 32.2. The molecule has 8 rings (SSSR count). The number of methoxy groups -OCH3 is 2. The van der Waals surface area contributed by atoms with Gasteiger partial charge in [0.25, 0.3) is 0 Å². The summed E-state index contributed by atoms with van der Waals surface area (Å²) in [6.45, 7) is 7.23. The van der Waals surface area contributed by atoms with Crippen LogP contribution < -0.4 is 23.1 Å². The number of benzene rings is 8. The van der Waals surface area contributed by atoms with E-state index in [1.807, 2.05) is 74.5 Å². The van der Waals surface area contributed by atoms with Gasteiger partial charge in [-0.1, -0.05) is 122 Å². The van der Waals surface area contributed by atoms with E-state index >= 15 is 0 Å². The van der Waals surface area contributed by atoms with Gasteiger partial charge in [0.2, 0.25) is 16.5 Å². The SMILES string of the molecule is COc1ccc(C(C)(CC(=O)O)c2ccc(Oc3ccc(C(c4ccc(C)cc4)(C(F)(F)F)C(F)(F)F)cc3)cc2)cc1.COc1ccc(C(C)(CC(=O)O)c2ccc(Oc3ccc(S(=O)Oc4ccc(C)cc4)cc3)cc2)cc1. The molecule has 0 saturated carbocycles. The first-order chi connectivity index (χ1) is 37.9. The molecule has 3 atom stereocenters. The maximum atomic E-state index is 14.4. The topological polar surface area (TPSA) is 138 Å². The van der Waals surface area contributed by atoms with Gasteiger partial charge in [0, 0.05) is 10.8 Å². The average Bonchev–Trinajstić information content (AvgIpc) is 3.50. The minimum Gasteiger partial charge on any atom is -0.497 e. The largest absolute Gasteiger partial charge is 0.497 e. The molecule has 10 nitrogen and oxygen atoms in total. The lowest BCUT2D eigenvalue weighted by Gasteiger charge is -2.38. The third-order valence-corrected chi connectivity index (χ3v) is 14.8. The Labute approximate surface area is 461 Å². The number of hydrogen-bond donors (Lipinski definition) is 2. The Balaban J connectivity index is 0.000000234. The molecule has 8 aromatic rings. The molecule has 0 amide bonds. The van der Waals surface area contributed by atoms with Gasteiger partial charge >= 0.3 is 24.3 Å². The van der Waals surface area contributed by atoms with Crippen molar-refractivity contribution in [2.75, 3.05) is 14.2 Å². The molecule has 416 valence electrons. The van der Waals surface area contributed by atoms with Crippen LogP contribution in [0.2, 0.25) is 0 Å². The van der Waals surface area contributed by atoms with Crippen LogP contribution in [0.15, 0.2) is 199 Å². The molecule has 0 aromatic heterocycles. The van der Waals surface area contributed by atoms with Crippen molar-refractivity contribution in [1.82, 2.24) is 0 Å². The van der Waals surface area contributed by atoms with E-state index in [2.05, 4.69) is 0 Å². The van der Waals surface area contributed by atoms with Crippen LogP contribution >= 0.6 is 0 Å². The molecule has 2 N–H and O–H groups in total. The van der Waals surface area contributed by atoms with Crippen molar-refractivity contribution in [1.29, 1.82) is 0 Å². The minimum atomic E-state index is -5.69. The quantitative estimate of drug-likeness (QED) is 0.0753. The summed E-state index contributed by atoms with van der Waals surface area (Å²) in [6.07, 6.45) is -11.7. The van der Waals surface area contributed by atoms with Gasteiger partial charge in [0.05, 0.1) is 32.0 Å². The lowest BCUT2D eigenvalue weighted by molar-refractivity contribution is -0.288. The Morgan fingerprint density at radius 1 is 0.400 bits per heavy atom. The molecule has 80 heavy (non-hydrogen) atoms. The Bertz CT molecular complexity index is 3360. The number of carbonyl (C=O) groups is 2. The first-order valence-corrected chi connectivity index (χ1v) is 25.8. The number of aliphatic carboxylic acids is 2. The molecule has 0 aliphatic heterocycles. The van der Waals surface area contributed by atoms with Crippen LogP contribution in [0, 0.1) is 13.8 Å². The highest BCUT2D eigenvalue weighted by Crippen LogP contribution is 2.56. The zero-order valence-corrected chi connectivity index (χ0v) is 45.0. The summed E-state index contributed by atoms with van der Waals surface area (Å²) in [6, 6.07) is 50.1. The lowest BCUT2D eigenvalue weighted by Crippen LogP contribution is -2.54. The highest BCUT2D eigenvalue weighted by molar-refractivity contribution is 7.80. The fourth-order valence-electron chi connectivity index (χ4n) is 9.22. The van der Waals surface area contributed by atoms with Crippen molar-refractivity contribution in [2.24, 2.45) is 0 Å². The Morgan fingerprint density at radius 2 is 0.650 bits per heavy atom. The zero-order chi connectivity index (χ0) is 58.0. The molecule has 0 radical (unpaired) electrons. The van der Waals surface area contributed by atoms with Crippen molar-refractivity contribution in [3.05, 3.63) is 239 Å². The highest BCUT2D eigenvalue weighted by Gasteiger charge is 2.72. The van der Waals surface area contributed by atoms with Gasteiger partial charge in [-0.3, -0.25) is 9.59 Å². The Morgan fingerprint density at radius 3 is 0.938 bits per heavy atom. The summed E-state index contributed by atoms with van der Waals surface area (Å²) in [7, 11) is 3.11. The third-order valence-electron chi connectivity index (χ3n) is 13.7. The molecule has 3 unspecified atom stereocenters. The fourth-order valence-corrected chi connectivity index (χ4v) is 9.97. The van der Waals surface area contributed by atoms with Crippen LogP contribution in [0.5, 0.6) is 40.2 Å². The second kappa shape index (κ2) is 24.6. The number of carboxylic acids is 2. The summed E-state index contributed by atoms with van der Waals surface area (Å²) in [5.74, 6) is 1.39. The summed E-state index contributed by atoms with van der Waals surface area (Å²) in [5, 5.41) is 19.2. The van der Waals surface area contributed by atoms with Crippen LogP contribution in [0.25, 0.3) is 0 Å². The van der Waals surface area contributed by atoms with Crippen molar-refractivity contribution in [3.8, 4) is 40.2 Å². The number of ether oxygens (including phenoxy) is 4. The van der Waals surface area contributed by atoms with E-state index in [1.165, 1.54) is 19.2 Å². The monoisotopic (exact) mass is 1120 g/mol. The fraction of sp³-hybridized carbons (Fsp3) is 0.206. The first-order valence-electron chi connectivity index (χ1n) is 24.8. The number of halogens is 6. The van der Waals surface area contributed by atoms with Crippen LogP contribution in [-0.4, -0.2) is 52.9 Å². The van der Waals surface area contributed by atoms with Gasteiger partial charge in [0.15, 0.2) is 0 Å². The van der Waals surface area contributed by atoms with E-state index in [9.17, 15) is 50.4 Å². The predicted octanol–water partition coefficient (Wildman–Crippen LogP) is 15.7. The molecule has 8 aromatic carbocycles. The predicted molar refractivity (Wildman–Crippen MR) is 292 cm³/mol. The smallest absolute Gasteiger partial charge is 0.411 e. The van der Waals surface area contributed by atoms with E-state index in [0.717, 1.165) is 58.7 Å². The lowest BCUT2D eigenvalue weighted by atomic mass is 9.72. The first kappa shape index (κ1) is 59.1. The number of carboxylic acid groups (broad SMARTS) is 2. The summed E-state index contributed by atoms with van der Waals surface area (Å²) in [5.41, 5.74) is -3.12. The Hall–Kier alpha value is -8.57. The second-order valence-corrected chi connectivity index (χ2v) is 20.4. The number of alkyl halides is 6. The van der Waals surface area contributed by atoms with Gasteiger partial charge in [-0.05, 0) is 144 Å². The average molecular weight is 1120 g/mol. The maximum absolute atomic E-state index is 14.4. The molecule has 0 spiro atoms. The van der Waals surface area contributed by atoms with Gasteiger partial charge in [-0.25, -0.2) is 4.21 Å². The standard InChI is InChI=1S/C33H28F6O4.C30H28O6S/c1-21-4-6-24(7-5-21)31(32(34,35)36,33(37,38)39)25-12-18-28(19-13-25)43-27-16-10-23(11-17-27)30(2,20-29(40)41)22-8-14-26(42-3)15-9-22;1-21-4-10-27(11-5-21)36-37(33)28-18-16-26(17-19-28)35-25-14-8-23(9-15-25)30(2,20-29(31)32)22-6-12-24(34-3)13-7-22/h4-19H,20H2,1-3H3,(H,40,41);4-19H,20H2,1-3H3,(H,31,32). The Kier molecular flexibility index (Phi) is 18.2. The van der Waals surface area contributed by atoms with E-state index in [4.69, 9.17) is 23.1 Å². The third kappa shape index (κ3) is 13.5. The number of hydrogen-bond acceptors (Lipinski definition) is 8. The number of aryl methyl sites for hydroxylation is 2. The molecule has 0 bridgehead atoms. The molecule has 17 heteroatoms. The normalized spacial score (nSPS) is 13.5. The van der Waals surface area contributed by atoms with E-state index in [0.29, 0.717) is 44.8 Å². The molecule has 0 aliphatic rings. The summed E-state index contributed by atoms with van der Waals surface area (Å²) in [4.78, 5) is 24.0. The molecule has 0 aliphatic carbocycles. The molecular formula is C63H56F6O10S. The van der Waals surface area contributed by atoms with Crippen LogP contribution in [0.3, 0.4) is 0 Å². The molecule has 0 fully saturated rings. The van der Waals surface area contributed by atoms with Crippen molar-refractivity contribution in [2.45, 2.75) is 74.0 Å². The molecule has 0 heterocycles. The second-order valence-electron chi connectivity index (χ2n) is 19.3. The minimum absolute atomic E-state index is 0.0158.